The number of benzene rings is 2. The molecule has 1 aromatic heterocycles. The Balaban J connectivity index is 1.84. The van der Waals surface area contributed by atoms with E-state index in [-0.39, 0.29) is 0 Å². The van der Waals surface area contributed by atoms with E-state index < -0.39 is 0 Å². The van der Waals surface area contributed by atoms with Crippen LogP contribution in [-0.2, 0) is 0 Å². The van der Waals surface area contributed by atoms with Crippen molar-refractivity contribution in [3.8, 4) is 0 Å². The van der Waals surface area contributed by atoms with Crippen LogP contribution in [0.4, 0.5) is 28.7 Å². The molecule has 3 rings (SSSR count). The van der Waals surface area contributed by atoms with E-state index in [2.05, 4.69) is 52.5 Å². The molecular weight excluding hydrogens is 422 g/mol. The minimum absolute atomic E-state index is 0.454. The number of nitrogens with one attached hydrogen (secondary N) is 2. The monoisotopic (exact) mass is 433 g/mol. The summed E-state index contributed by atoms with van der Waals surface area (Å²) in [6.07, 6.45) is 1.47. The summed E-state index contributed by atoms with van der Waals surface area (Å²) in [5.74, 6) is 1.11. The van der Waals surface area contributed by atoms with Crippen LogP contribution in [0.15, 0.2) is 63.8 Å². The third-order valence-electron chi connectivity index (χ3n) is 3.08. The fraction of sp³-hybridized carbons (Fsp3) is 0. The number of hydrogen-bond donors (Lipinski definition) is 3. The van der Waals surface area contributed by atoms with Gasteiger partial charge in [0.25, 0.3) is 0 Å². The summed E-state index contributed by atoms with van der Waals surface area (Å²) in [5.41, 5.74) is 8.41. The molecule has 2 aromatic carbocycles. The van der Waals surface area contributed by atoms with E-state index in [1.807, 2.05) is 48.5 Å². The number of nitrogen functional groups attached to an aromatic ring is 1. The van der Waals surface area contributed by atoms with Crippen molar-refractivity contribution in [3.05, 3.63) is 63.8 Å². The zero-order valence-electron chi connectivity index (χ0n) is 11.9. The summed E-state index contributed by atoms with van der Waals surface area (Å²) < 4.78 is 1.99. The lowest BCUT2D eigenvalue weighted by atomic mass is 10.3. The maximum absolute atomic E-state index is 6.18. The van der Waals surface area contributed by atoms with Gasteiger partial charge in [-0.15, -0.1) is 0 Å². The van der Waals surface area contributed by atoms with Crippen LogP contribution in [0.1, 0.15) is 0 Å². The molecule has 23 heavy (non-hydrogen) atoms. The Kier molecular flexibility index (Phi) is 4.78. The van der Waals surface area contributed by atoms with Gasteiger partial charge in [0.15, 0.2) is 11.6 Å². The van der Waals surface area contributed by atoms with Crippen molar-refractivity contribution in [2.24, 2.45) is 0 Å². The maximum Gasteiger partial charge on any atom is 0.159 e. The lowest BCUT2D eigenvalue weighted by molar-refractivity contribution is 1.17. The SMILES string of the molecule is Nc1c(Nc2ccc(Br)cc2)ncnc1Nc1cccc(Br)c1. The maximum atomic E-state index is 6.18. The predicted molar refractivity (Wildman–Crippen MR) is 101 cm³/mol. The summed E-state index contributed by atoms with van der Waals surface area (Å²) >= 11 is 6.85. The van der Waals surface area contributed by atoms with Crippen LogP contribution < -0.4 is 16.4 Å². The molecule has 0 saturated heterocycles. The average Bonchev–Trinajstić information content (AvgIpc) is 2.53. The van der Waals surface area contributed by atoms with E-state index in [1.165, 1.54) is 6.33 Å². The Hall–Kier alpha value is -2.12. The summed E-state index contributed by atoms with van der Waals surface area (Å²) in [5, 5.41) is 6.39. The number of hydrogen-bond acceptors (Lipinski definition) is 5. The Morgan fingerprint density at radius 3 is 2.09 bits per heavy atom. The van der Waals surface area contributed by atoms with Gasteiger partial charge in [-0.2, -0.15) is 0 Å². The summed E-state index contributed by atoms with van der Waals surface area (Å²) in [6.45, 7) is 0. The number of halogens is 2. The quantitative estimate of drug-likeness (QED) is 0.534. The minimum Gasteiger partial charge on any atom is -0.393 e. The van der Waals surface area contributed by atoms with Gasteiger partial charge in [-0.25, -0.2) is 9.97 Å². The molecule has 0 saturated carbocycles. The van der Waals surface area contributed by atoms with Crippen molar-refractivity contribution in [2.45, 2.75) is 0 Å². The standard InChI is InChI=1S/C16H13Br2N5/c17-10-4-6-12(7-5-10)22-15-14(19)16(21-9-20-15)23-13-3-1-2-11(18)8-13/h1-9H,19H2,(H2,20,21,22,23). The lowest BCUT2D eigenvalue weighted by Gasteiger charge is -2.12. The van der Waals surface area contributed by atoms with Crippen LogP contribution in [0.3, 0.4) is 0 Å². The highest BCUT2D eigenvalue weighted by Crippen LogP contribution is 2.29. The van der Waals surface area contributed by atoms with E-state index in [4.69, 9.17) is 5.73 Å². The van der Waals surface area contributed by atoms with Gasteiger partial charge >= 0.3 is 0 Å². The molecule has 116 valence electrons. The molecule has 0 unspecified atom stereocenters. The molecule has 0 aliphatic carbocycles. The Bertz CT molecular complexity index is 821. The van der Waals surface area contributed by atoms with Gasteiger partial charge in [0.05, 0.1) is 0 Å². The van der Waals surface area contributed by atoms with Crippen LogP contribution in [0.2, 0.25) is 0 Å². The Morgan fingerprint density at radius 2 is 1.43 bits per heavy atom. The van der Waals surface area contributed by atoms with Gasteiger partial charge in [0.2, 0.25) is 0 Å². The highest BCUT2D eigenvalue weighted by Gasteiger charge is 2.09. The minimum atomic E-state index is 0.454. The van der Waals surface area contributed by atoms with Crippen molar-refractivity contribution in [3.63, 3.8) is 0 Å². The van der Waals surface area contributed by atoms with Gasteiger partial charge in [-0.3, -0.25) is 0 Å². The molecule has 4 N–H and O–H groups in total. The van der Waals surface area contributed by atoms with Gasteiger partial charge in [0, 0.05) is 20.3 Å². The van der Waals surface area contributed by atoms with Gasteiger partial charge in [0.1, 0.15) is 12.0 Å². The van der Waals surface area contributed by atoms with Crippen LogP contribution in [0.5, 0.6) is 0 Å². The number of anilines is 5. The zero-order valence-corrected chi connectivity index (χ0v) is 15.1. The highest BCUT2D eigenvalue weighted by molar-refractivity contribution is 9.10. The Morgan fingerprint density at radius 1 is 0.783 bits per heavy atom. The van der Waals surface area contributed by atoms with Gasteiger partial charge < -0.3 is 16.4 Å². The zero-order chi connectivity index (χ0) is 16.2. The van der Waals surface area contributed by atoms with Crippen molar-refractivity contribution in [2.75, 3.05) is 16.4 Å². The first-order valence-corrected chi connectivity index (χ1v) is 8.36. The number of nitrogens with two attached hydrogens (primary N) is 1. The summed E-state index contributed by atoms with van der Waals surface area (Å²) in [4.78, 5) is 8.42. The van der Waals surface area contributed by atoms with Crippen LogP contribution >= 0.6 is 31.9 Å². The number of rotatable bonds is 4. The topological polar surface area (TPSA) is 75.9 Å². The first kappa shape index (κ1) is 15.8. The molecule has 7 heteroatoms. The van der Waals surface area contributed by atoms with Crippen molar-refractivity contribution < 1.29 is 0 Å². The van der Waals surface area contributed by atoms with Crippen molar-refractivity contribution >= 4 is 60.6 Å². The molecule has 1 heterocycles. The third kappa shape index (κ3) is 4.00. The smallest absolute Gasteiger partial charge is 0.159 e. The average molecular weight is 435 g/mol. The second-order valence-electron chi connectivity index (χ2n) is 4.75. The van der Waals surface area contributed by atoms with Crippen LogP contribution in [0.25, 0.3) is 0 Å². The Labute approximate surface area is 150 Å². The van der Waals surface area contributed by atoms with E-state index in [0.29, 0.717) is 17.3 Å². The molecule has 0 atom stereocenters. The molecule has 0 bridgehead atoms. The fourth-order valence-corrected chi connectivity index (χ4v) is 2.63. The second kappa shape index (κ2) is 6.97. The predicted octanol–water partition coefficient (Wildman–Crippen LogP) is 5.07. The highest BCUT2D eigenvalue weighted by atomic mass is 79.9. The molecule has 0 radical (unpaired) electrons. The van der Waals surface area contributed by atoms with E-state index in [9.17, 15) is 0 Å². The van der Waals surface area contributed by atoms with Crippen molar-refractivity contribution in [1.29, 1.82) is 0 Å². The summed E-state index contributed by atoms with van der Waals surface area (Å²) in [6, 6.07) is 15.5. The summed E-state index contributed by atoms with van der Waals surface area (Å²) in [7, 11) is 0. The first-order valence-electron chi connectivity index (χ1n) is 6.77. The van der Waals surface area contributed by atoms with Crippen molar-refractivity contribution in [1.82, 2.24) is 9.97 Å². The van der Waals surface area contributed by atoms with E-state index >= 15 is 0 Å². The second-order valence-corrected chi connectivity index (χ2v) is 6.58. The largest absolute Gasteiger partial charge is 0.393 e. The van der Waals surface area contributed by atoms with Crippen LogP contribution in [0, 0.1) is 0 Å². The molecule has 3 aromatic rings. The first-order chi connectivity index (χ1) is 11.1. The fourth-order valence-electron chi connectivity index (χ4n) is 1.97. The van der Waals surface area contributed by atoms with E-state index in [1.54, 1.807) is 0 Å². The molecule has 0 aliphatic heterocycles. The normalized spacial score (nSPS) is 10.3. The third-order valence-corrected chi connectivity index (χ3v) is 4.10. The van der Waals surface area contributed by atoms with Gasteiger partial charge in [-0.1, -0.05) is 37.9 Å². The number of aromatic nitrogens is 2. The molecule has 5 nitrogen and oxygen atoms in total. The molecule has 0 amide bonds. The van der Waals surface area contributed by atoms with Gasteiger partial charge in [-0.05, 0) is 42.5 Å². The molecule has 0 spiro atoms. The lowest BCUT2D eigenvalue weighted by Crippen LogP contribution is -2.05. The van der Waals surface area contributed by atoms with E-state index in [0.717, 1.165) is 20.3 Å². The molecular formula is C16H13Br2N5. The molecule has 0 aliphatic rings. The molecule has 0 fully saturated rings. The number of nitrogens with zero attached hydrogens (tertiary/aromatic N) is 2. The van der Waals surface area contributed by atoms with Crippen LogP contribution in [-0.4, -0.2) is 9.97 Å².